The van der Waals surface area contributed by atoms with Crippen LogP contribution in [0.3, 0.4) is 0 Å². The first-order chi connectivity index (χ1) is 9.61. The minimum Gasteiger partial charge on any atom is -0.507 e. The van der Waals surface area contributed by atoms with Gasteiger partial charge in [-0.05, 0) is 18.6 Å². The molecule has 2 heterocycles. The van der Waals surface area contributed by atoms with E-state index in [4.69, 9.17) is 9.47 Å². The standard InChI is InChI=1S/C14H17NO5/c16-10-3-1-4-11(17)12(10)13(18)15-6-2-5-14(9-15)19-7-8-20-14/h1,3-4,16-17H,2,5-9H2. The van der Waals surface area contributed by atoms with E-state index < -0.39 is 11.7 Å². The van der Waals surface area contributed by atoms with E-state index in [1.54, 1.807) is 4.90 Å². The van der Waals surface area contributed by atoms with Gasteiger partial charge in [-0.1, -0.05) is 6.07 Å². The fraction of sp³-hybridized carbons (Fsp3) is 0.500. The molecule has 2 fully saturated rings. The summed E-state index contributed by atoms with van der Waals surface area (Å²) >= 11 is 0. The summed E-state index contributed by atoms with van der Waals surface area (Å²) in [6.45, 7) is 1.94. The summed E-state index contributed by atoms with van der Waals surface area (Å²) in [5.74, 6) is -1.56. The van der Waals surface area contributed by atoms with Gasteiger partial charge in [0.15, 0.2) is 5.79 Å². The lowest BCUT2D eigenvalue weighted by Gasteiger charge is -2.38. The third kappa shape index (κ3) is 2.21. The fourth-order valence-corrected chi connectivity index (χ4v) is 2.80. The van der Waals surface area contributed by atoms with Gasteiger partial charge in [0.25, 0.3) is 5.91 Å². The number of carbonyl (C=O) groups excluding carboxylic acids is 1. The van der Waals surface area contributed by atoms with Crippen LogP contribution in [0.5, 0.6) is 11.5 Å². The molecule has 0 aromatic heterocycles. The van der Waals surface area contributed by atoms with Crippen LogP contribution in [-0.4, -0.2) is 53.1 Å². The lowest BCUT2D eigenvalue weighted by atomic mass is 10.0. The number of hydrogen-bond donors (Lipinski definition) is 2. The summed E-state index contributed by atoms with van der Waals surface area (Å²) in [6, 6.07) is 4.26. The topological polar surface area (TPSA) is 79.2 Å². The van der Waals surface area contributed by atoms with Gasteiger partial charge in [-0.15, -0.1) is 0 Å². The van der Waals surface area contributed by atoms with Crippen LogP contribution in [0.1, 0.15) is 23.2 Å². The second-order valence-corrected chi connectivity index (χ2v) is 5.11. The van der Waals surface area contributed by atoms with Crippen molar-refractivity contribution in [1.29, 1.82) is 0 Å². The molecule has 20 heavy (non-hydrogen) atoms. The van der Waals surface area contributed by atoms with E-state index in [1.807, 2.05) is 0 Å². The Morgan fingerprint density at radius 3 is 2.50 bits per heavy atom. The van der Waals surface area contributed by atoms with Crippen molar-refractivity contribution in [3.8, 4) is 11.5 Å². The van der Waals surface area contributed by atoms with E-state index in [-0.39, 0.29) is 17.1 Å². The minimum absolute atomic E-state index is 0.0671. The number of hydrogen-bond acceptors (Lipinski definition) is 5. The van der Waals surface area contributed by atoms with Crippen LogP contribution in [-0.2, 0) is 9.47 Å². The molecule has 3 rings (SSSR count). The SMILES string of the molecule is O=C(c1c(O)cccc1O)N1CCCC2(C1)OCCO2. The molecule has 1 aromatic rings. The lowest BCUT2D eigenvalue weighted by Crippen LogP contribution is -2.51. The van der Waals surface area contributed by atoms with Crippen molar-refractivity contribution in [3.63, 3.8) is 0 Å². The highest BCUT2D eigenvalue weighted by atomic mass is 16.7. The number of likely N-dealkylation sites (tertiary alicyclic amines) is 1. The minimum atomic E-state index is -0.714. The van der Waals surface area contributed by atoms with Crippen molar-refractivity contribution >= 4 is 5.91 Å². The van der Waals surface area contributed by atoms with Crippen LogP contribution in [0.25, 0.3) is 0 Å². The van der Waals surface area contributed by atoms with Gasteiger partial charge in [0.1, 0.15) is 17.1 Å². The maximum Gasteiger partial charge on any atom is 0.261 e. The number of piperidine rings is 1. The van der Waals surface area contributed by atoms with Gasteiger partial charge in [0, 0.05) is 13.0 Å². The molecule has 0 unspecified atom stereocenters. The Balaban J connectivity index is 1.83. The molecule has 2 N–H and O–H groups in total. The summed E-state index contributed by atoms with van der Waals surface area (Å²) in [4.78, 5) is 14.0. The third-order valence-electron chi connectivity index (χ3n) is 3.75. The Kier molecular flexibility index (Phi) is 3.27. The number of phenolic OH excluding ortho intramolecular Hbond substituents is 2. The zero-order chi connectivity index (χ0) is 14.2. The molecular formula is C14H17NO5. The normalized spacial score (nSPS) is 21.3. The summed E-state index contributed by atoms with van der Waals surface area (Å²) in [5, 5.41) is 19.6. The molecule has 2 aliphatic heterocycles. The van der Waals surface area contributed by atoms with Gasteiger partial charge >= 0.3 is 0 Å². The maximum atomic E-state index is 12.5. The van der Waals surface area contributed by atoms with E-state index in [9.17, 15) is 15.0 Å². The van der Waals surface area contributed by atoms with Crippen molar-refractivity contribution < 1.29 is 24.5 Å². The quantitative estimate of drug-likeness (QED) is 0.804. The summed E-state index contributed by atoms with van der Waals surface area (Å²) < 4.78 is 11.2. The van der Waals surface area contributed by atoms with Crippen molar-refractivity contribution in [2.75, 3.05) is 26.3 Å². The molecule has 1 aromatic carbocycles. The molecule has 0 atom stereocenters. The number of rotatable bonds is 1. The van der Waals surface area contributed by atoms with E-state index in [0.717, 1.165) is 12.8 Å². The lowest BCUT2D eigenvalue weighted by molar-refractivity contribution is -0.183. The van der Waals surface area contributed by atoms with Crippen LogP contribution < -0.4 is 0 Å². The smallest absolute Gasteiger partial charge is 0.261 e. The van der Waals surface area contributed by atoms with E-state index in [1.165, 1.54) is 18.2 Å². The largest absolute Gasteiger partial charge is 0.507 e. The first-order valence-corrected chi connectivity index (χ1v) is 6.69. The second-order valence-electron chi connectivity index (χ2n) is 5.11. The van der Waals surface area contributed by atoms with Gasteiger partial charge < -0.3 is 24.6 Å². The van der Waals surface area contributed by atoms with Gasteiger partial charge in [0.2, 0.25) is 0 Å². The highest BCUT2D eigenvalue weighted by molar-refractivity contribution is 5.99. The molecule has 2 saturated heterocycles. The number of ether oxygens (including phenoxy) is 2. The van der Waals surface area contributed by atoms with Gasteiger partial charge in [-0.3, -0.25) is 4.79 Å². The Hall–Kier alpha value is -1.79. The maximum absolute atomic E-state index is 12.5. The summed E-state index contributed by atoms with van der Waals surface area (Å²) in [6.07, 6.45) is 1.52. The number of carbonyl (C=O) groups is 1. The van der Waals surface area contributed by atoms with Crippen LogP contribution in [0, 0.1) is 0 Å². The molecular weight excluding hydrogens is 262 g/mol. The molecule has 6 nitrogen and oxygen atoms in total. The van der Waals surface area contributed by atoms with Crippen molar-refractivity contribution in [1.82, 2.24) is 4.90 Å². The summed E-state index contributed by atoms with van der Waals surface area (Å²) in [5.41, 5.74) is -0.0671. The van der Waals surface area contributed by atoms with E-state index >= 15 is 0 Å². The Labute approximate surface area is 116 Å². The van der Waals surface area contributed by atoms with Crippen LogP contribution in [0.2, 0.25) is 0 Å². The molecule has 0 saturated carbocycles. The highest BCUT2D eigenvalue weighted by Gasteiger charge is 2.42. The molecule has 1 spiro atoms. The van der Waals surface area contributed by atoms with Crippen molar-refractivity contribution in [2.24, 2.45) is 0 Å². The number of amides is 1. The molecule has 1 amide bonds. The number of nitrogens with zero attached hydrogens (tertiary/aromatic N) is 1. The molecule has 0 aliphatic carbocycles. The Morgan fingerprint density at radius 2 is 1.85 bits per heavy atom. The van der Waals surface area contributed by atoms with Gasteiger partial charge in [0.05, 0.1) is 19.8 Å². The van der Waals surface area contributed by atoms with Crippen LogP contribution in [0.15, 0.2) is 18.2 Å². The van der Waals surface area contributed by atoms with E-state index in [2.05, 4.69) is 0 Å². The highest BCUT2D eigenvalue weighted by Crippen LogP contribution is 2.33. The Morgan fingerprint density at radius 1 is 1.20 bits per heavy atom. The van der Waals surface area contributed by atoms with Gasteiger partial charge in [-0.25, -0.2) is 0 Å². The van der Waals surface area contributed by atoms with Gasteiger partial charge in [-0.2, -0.15) is 0 Å². The molecule has 0 radical (unpaired) electrons. The van der Waals surface area contributed by atoms with E-state index in [0.29, 0.717) is 26.3 Å². The monoisotopic (exact) mass is 279 g/mol. The summed E-state index contributed by atoms with van der Waals surface area (Å²) in [7, 11) is 0. The number of benzene rings is 1. The fourth-order valence-electron chi connectivity index (χ4n) is 2.80. The van der Waals surface area contributed by atoms with Crippen molar-refractivity contribution in [3.05, 3.63) is 23.8 Å². The molecule has 0 bridgehead atoms. The van der Waals surface area contributed by atoms with Crippen LogP contribution in [0.4, 0.5) is 0 Å². The second kappa shape index (κ2) is 4.96. The molecule has 108 valence electrons. The third-order valence-corrected chi connectivity index (χ3v) is 3.75. The average molecular weight is 279 g/mol. The van der Waals surface area contributed by atoms with Crippen LogP contribution >= 0.6 is 0 Å². The first-order valence-electron chi connectivity index (χ1n) is 6.69. The number of aromatic hydroxyl groups is 2. The zero-order valence-electron chi connectivity index (χ0n) is 11.0. The average Bonchev–Trinajstić information content (AvgIpc) is 2.86. The molecule has 2 aliphatic rings. The van der Waals surface area contributed by atoms with Crippen molar-refractivity contribution in [2.45, 2.75) is 18.6 Å². The first kappa shape index (κ1) is 13.2. The molecule has 6 heteroatoms. The number of phenols is 2. The Bertz CT molecular complexity index is 504. The zero-order valence-corrected chi connectivity index (χ0v) is 11.0. The predicted molar refractivity (Wildman–Crippen MR) is 69.5 cm³/mol. The predicted octanol–water partition coefficient (Wildman–Crippen LogP) is 1.08.